The van der Waals surface area contributed by atoms with E-state index in [1.807, 2.05) is 12.3 Å². The summed E-state index contributed by atoms with van der Waals surface area (Å²) in [4.78, 5) is 5.57. The van der Waals surface area contributed by atoms with Gasteiger partial charge in [-0.15, -0.1) is 0 Å². The number of ether oxygens (including phenoxy) is 1. The third-order valence-corrected chi connectivity index (χ3v) is 3.20. The first kappa shape index (κ1) is 12.9. The van der Waals surface area contributed by atoms with Crippen LogP contribution >= 0.6 is 11.6 Å². The number of hydrogen-bond donors (Lipinski definition) is 2. The van der Waals surface area contributed by atoms with Crippen molar-refractivity contribution in [1.82, 2.24) is 15.2 Å². The highest BCUT2D eigenvalue weighted by Crippen LogP contribution is 2.09. The zero-order valence-electron chi connectivity index (χ0n) is 10.2. The minimum absolute atomic E-state index is 0.468. The smallest absolute Gasteiger partial charge is 0.0594 e. The zero-order valence-corrected chi connectivity index (χ0v) is 11.0. The van der Waals surface area contributed by atoms with Crippen molar-refractivity contribution < 1.29 is 4.74 Å². The summed E-state index contributed by atoms with van der Waals surface area (Å²) in [6.45, 7) is 7.91. The molecule has 1 unspecified atom stereocenters. The van der Waals surface area contributed by atoms with Gasteiger partial charge in [0, 0.05) is 44.1 Å². The van der Waals surface area contributed by atoms with Crippen LogP contribution in [-0.4, -0.2) is 48.8 Å². The molecule has 1 fully saturated rings. The summed E-state index contributed by atoms with van der Waals surface area (Å²) in [6.07, 6.45) is 1.81. The lowest BCUT2D eigenvalue weighted by molar-refractivity contribution is 0.0343. The van der Waals surface area contributed by atoms with Gasteiger partial charge in [0.05, 0.1) is 18.2 Å². The van der Waals surface area contributed by atoms with Crippen molar-refractivity contribution in [3.05, 3.63) is 23.0 Å². The Bertz CT molecular complexity index is 336. The summed E-state index contributed by atoms with van der Waals surface area (Å²) < 4.78 is 5.33. The predicted molar refractivity (Wildman–Crippen MR) is 69.4 cm³/mol. The average Bonchev–Trinajstić information content (AvgIpc) is 2.74. The van der Waals surface area contributed by atoms with Gasteiger partial charge in [-0.2, -0.15) is 0 Å². The third-order valence-electron chi connectivity index (χ3n) is 2.98. The molecule has 0 bridgehead atoms. The molecule has 1 aliphatic heterocycles. The van der Waals surface area contributed by atoms with E-state index in [0.717, 1.165) is 50.1 Å². The highest BCUT2D eigenvalue weighted by atomic mass is 35.5. The molecule has 0 aromatic carbocycles. The van der Waals surface area contributed by atoms with Gasteiger partial charge in [-0.3, -0.25) is 4.90 Å². The Morgan fingerprint density at radius 1 is 1.53 bits per heavy atom. The average molecular weight is 258 g/mol. The number of H-pyrrole nitrogens is 1. The maximum atomic E-state index is 5.85. The summed E-state index contributed by atoms with van der Waals surface area (Å²) in [7, 11) is 0. The van der Waals surface area contributed by atoms with Crippen LogP contribution in [0, 0.1) is 0 Å². The lowest BCUT2D eigenvalue weighted by Crippen LogP contribution is -2.44. The van der Waals surface area contributed by atoms with E-state index in [0.29, 0.717) is 6.04 Å². The number of hydrogen-bond acceptors (Lipinski definition) is 3. The normalized spacial score (nSPS) is 19.4. The highest BCUT2D eigenvalue weighted by Gasteiger charge is 2.13. The van der Waals surface area contributed by atoms with E-state index < -0.39 is 0 Å². The molecule has 0 aliphatic carbocycles. The topological polar surface area (TPSA) is 40.3 Å². The Morgan fingerprint density at radius 2 is 2.29 bits per heavy atom. The number of halogens is 1. The monoisotopic (exact) mass is 257 g/mol. The van der Waals surface area contributed by atoms with Crippen LogP contribution in [0.5, 0.6) is 0 Å². The van der Waals surface area contributed by atoms with Crippen molar-refractivity contribution >= 4 is 11.6 Å². The molecular weight excluding hydrogens is 238 g/mol. The van der Waals surface area contributed by atoms with Gasteiger partial charge < -0.3 is 15.0 Å². The van der Waals surface area contributed by atoms with Crippen molar-refractivity contribution in [1.29, 1.82) is 0 Å². The predicted octanol–water partition coefficient (Wildman–Crippen LogP) is 1.48. The first-order chi connectivity index (χ1) is 8.24. The van der Waals surface area contributed by atoms with Crippen molar-refractivity contribution in [2.45, 2.75) is 19.5 Å². The number of aromatic nitrogens is 1. The van der Waals surface area contributed by atoms with Gasteiger partial charge in [0.2, 0.25) is 0 Å². The van der Waals surface area contributed by atoms with E-state index in [9.17, 15) is 0 Å². The van der Waals surface area contributed by atoms with E-state index in [-0.39, 0.29) is 0 Å². The molecule has 1 aromatic heterocycles. The second-order valence-corrected chi connectivity index (χ2v) is 4.97. The van der Waals surface area contributed by atoms with Crippen LogP contribution in [0.1, 0.15) is 12.6 Å². The fourth-order valence-electron chi connectivity index (χ4n) is 2.03. The van der Waals surface area contributed by atoms with Gasteiger partial charge >= 0.3 is 0 Å². The van der Waals surface area contributed by atoms with Crippen LogP contribution in [-0.2, 0) is 11.3 Å². The SMILES string of the molecule is CC(CN1CCOCC1)NCc1cc(Cl)c[nH]1. The Hall–Kier alpha value is -0.550. The van der Waals surface area contributed by atoms with Crippen LogP contribution in [0.4, 0.5) is 0 Å². The molecule has 5 heteroatoms. The van der Waals surface area contributed by atoms with Gasteiger partial charge in [0.25, 0.3) is 0 Å². The van der Waals surface area contributed by atoms with Crippen LogP contribution in [0.3, 0.4) is 0 Å². The van der Waals surface area contributed by atoms with Crippen molar-refractivity contribution in [2.75, 3.05) is 32.8 Å². The molecule has 1 saturated heterocycles. The molecule has 0 amide bonds. The summed E-state index contributed by atoms with van der Waals surface area (Å²) in [6, 6.07) is 2.42. The Labute approximate surface area is 107 Å². The minimum atomic E-state index is 0.468. The fraction of sp³-hybridized carbons (Fsp3) is 0.667. The molecule has 0 radical (unpaired) electrons. The Morgan fingerprint density at radius 3 is 2.94 bits per heavy atom. The van der Waals surface area contributed by atoms with Crippen molar-refractivity contribution in [2.24, 2.45) is 0 Å². The van der Waals surface area contributed by atoms with Gasteiger partial charge in [-0.1, -0.05) is 11.6 Å². The van der Waals surface area contributed by atoms with Crippen LogP contribution in [0.2, 0.25) is 5.02 Å². The standard InChI is InChI=1S/C12H20ClN3O/c1-10(9-16-2-4-17-5-3-16)14-8-12-6-11(13)7-15-12/h6-7,10,14-15H,2-5,8-9H2,1H3. The first-order valence-electron chi connectivity index (χ1n) is 6.10. The van der Waals surface area contributed by atoms with E-state index in [1.165, 1.54) is 0 Å². The molecule has 2 N–H and O–H groups in total. The highest BCUT2D eigenvalue weighted by molar-refractivity contribution is 6.30. The van der Waals surface area contributed by atoms with E-state index >= 15 is 0 Å². The molecule has 0 spiro atoms. The maximum Gasteiger partial charge on any atom is 0.0594 e. The molecule has 1 aliphatic rings. The summed E-state index contributed by atoms with van der Waals surface area (Å²) >= 11 is 5.85. The summed E-state index contributed by atoms with van der Waals surface area (Å²) in [5, 5.41) is 4.25. The largest absolute Gasteiger partial charge is 0.379 e. The second-order valence-electron chi connectivity index (χ2n) is 4.54. The van der Waals surface area contributed by atoms with E-state index in [1.54, 1.807) is 0 Å². The van der Waals surface area contributed by atoms with Gasteiger partial charge in [0.15, 0.2) is 0 Å². The quantitative estimate of drug-likeness (QED) is 0.840. The number of nitrogens with zero attached hydrogens (tertiary/aromatic N) is 1. The maximum absolute atomic E-state index is 5.85. The first-order valence-corrected chi connectivity index (χ1v) is 6.48. The second kappa shape index (κ2) is 6.40. The van der Waals surface area contributed by atoms with Crippen molar-refractivity contribution in [3.8, 4) is 0 Å². The fourth-order valence-corrected chi connectivity index (χ4v) is 2.22. The lowest BCUT2D eigenvalue weighted by atomic mass is 10.2. The Balaban J connectivity index is 1.68. The van der Waals surface area contributed by atoms with Gasteiger partial charge in [-0.25, -0.2) is 0 Å². The minimum Gasteiger partial charge on any atom is -0.379 e. The molecule has 96 valence electrons. The number of rotatable bonds is 5. The van der Waals surface area contributed by atoms with Gasteiger partial charge in [-0.05, 0) is 13.0 Å². The van der Waals surface area contributed by atoms with Gasteiger partial charge in [0.1, 0.15) is 0 Å². The number of nitrogens with one attached hydrogen (secondary N) is 2. The third kappa shape index (κ3) is 4.32. The molecule has 4 nitrogen and oxygen atoms in total. The molecule has 1 aromatic rings. The number of morpholine rings is 1. The lowest BCUT2D eigenvalue weighted by Gasteiger charge is -2.29. The van der Waals surface area contributed by atoms with E-state index in [4.69, 9.17) is 16.3 Å². The van der Waals surface area contributed by atoms with Crippen molar-refractivity contribution in [3.63, 3.8) is 0 Å². The number of aromatic amines is 1. The molecule has 1 atom stereocenters. The molecule has 2 rings (SSSR count). The summed E-state index contributed by atoms with van der Waals surface area (Å²) in [5.74, 6) is 0. The molecule has 17 heavy (non-hydrogen) atoms. The van der Waals surface area contributed by atoms with Crippen LogP contribution in [0.15, 0.2) is 12.3 Å². The molecule has 0 saturated carbocycles. The Kier molecular flexibility index (Phi) is 4.86. The summed E-state index contributed by atoms with van der Waals surface area (Å²) in [5.41, 5.74) is 1.13. The van der Waals surface area contributed by atoms with E-state index in [2.05, 4.69) is 22.1 Å². The van der Waals surface area contributed by atoms with Crippen LogP contribution in [0.25, 0.3) is 0 Å². The molecular formula is C12H20ClN3O. The molecule has 2 heterocycles. The zero-order chi connectivity index (χ0) is 12.1. The van der Waals surface area contributed by atoms with Crippen LogP contribution < -0.4 is 5.32 Å².